The molecule has 0 N–H and O–H groups in total. The fourth-order valence-corrected chi connectivity index (χ4v) is 9.44. The number of Topliss-reactive ketones (excluding diaryl/α,β-unsaturated/α-hetero) is 1. The number of imide groups is 2. The van der Waals surface area contributed by atoms with Crippen LogP contribution in [0.15, 0.2) is 0 Å². The lowest BCUT2D eigenvalue weighted by molar-refractivity contribution is -0.144. The molecule has 7 nitrogen and oxygen atoms in total. The number of hydrogen-bond donors (Lipinski definition) is 0. The van der Waals surface area contributed by atoms with Gasteiger partial charge in [0, 0.05) is 24.9 Å². The average Bonchev–Trinajstić information content (AvgIpc) is 3.33. The number of carbonyl (C=O) groups excluding carboxylic acids is 5. The largest absolute Gasteiger partial charge is 0.299 e. The quantitative estimate of drug-likeness (QED) is 0.471. The van der Waals surface area contributed by atoms with Gasteiger partial charge in [0.1, 0.15) is 5.78 Å². The summed E-state index contributed by atoms with van der Waals surface area (Å²) in [7, 11) is 1.54. The van der Waals surface area contributed by atoms with Crippen molar-refractivity contribution in [1.29, 1.82) is 0 Å². The fourth-order valence-electron chi connectivity index (χ4n) is 9.44. The molecule has 0 spiro atoms. The van der Waals surface area contributed by atoms with Gasteiger partial charge in [0.25, 0.3) is 0 Å². The highest BCUT2D eigenvalue weighted by Gasteiger charge is 2.55. The minimum absolute atomic E-state index is 0.0132. The summed E-state index contributed by atoms with van der Waals surface area (Å²) < 4.78 is 0. The van der Waals surface area contributed by atoms with Gasteiger partial charge in [0.15, 0.2) is 0 Å². The number of hydrogen-bond acceptors (Lipinski definition) is 5. The third-order valence-electron chi connectivity index (χ3n) is 11.9. The zero-order valence-corrected chi connectivity index (χ0v) is 23.8. The standard InChI is InChI=1S/C32H46N2O5/c1-18-3-5-19(6-4-18)15-20-7-11-23(12-8-20)34-31(38)25-14-10-22(17-27(25)32(34)39)28(35)21-9-13-24-26(16-21)30(37)33(2)29(24)36/h18-27H,3-17H2,1-2H3. The molecular weight excluding hydrogens is 492 g/mol. The predicted octanol–water partition coefficient (Wildman–Crippen LogP) is 4.76. The van der Waals surface area contributed by atoms with Crippen LogP contribution in [0.25, 0.3) is 0 Å². The molecule has 0 bridgehead atoms. The molecule has 6 unspecified atom stereocenters. The molecule has 2 heterocycles. The second-order valence-corrected chi connectivity index (χ2v) is 14.2. The van der Waals surface area contributed by atoms with Crippen molar-refractivity contribution < 1.29 is 24.0 Å². The van der Waals surface area contributed by atoms with E-state index in [1.54, 1.807) is 11.9 Å². The predicted molar refractivity (Wildman–Crippen MR) is 145 cm³/mol. The third kappa shape index (κ3) is 4.90. The molecule has 6 fully saturated rings. The van der Waals surface area contributed by atoms with Crippen molar-refractivity contribution in [2.45, 2.75) is 109 Å². The van der Waals surface area contributed by atoms with Gasteiger partial charge >= 0.3 is 0 Å². The molecule has 2 saturated heterocycles. The van der Waals surface area contributed by atoms with Crippen LogP contribution in [0.5, 0.6) is 0 Å². The van der Waals surface area contributed by atoms with Gasteiger partial charge in [0.05, 0.1) is 23.7 Å². The summed E-state index contributed by atoms with van der Waals surface area (Å²) in [5.41, 5.74) is 0. The van der Waals surface area contributed by atoms with Crippen molar-refractivity contribution in [3.05, 3.63) is 0 Å². The normalized spacial score (nSPS) is 43.0. The van der Waals surface area contributed by atoms with Gasteiger partial charge in [-0.1, -0.05) is 32.6 Å². The summed E-state index contributed by atoms with van der Waals surface area (Å²) in [4.78, 5) is 68.3. The van der Waals surface area contributed by atoms with Crippen LogP contribution in [0.3, 0.4) is 0 Å². The highest BCUT2D eigenvalue weighted by Crippen LogP contribution is 2.47. The molecule has 0 aromatic heterocycles. The molecule has 4 saturated carbocycles. The fraction of sp³-hybridized carbons (Fsp3) is 0.844. The van der Waals surface area contributed by atoms with E-state index >= 15 is 0 Å². The van der Waals surface area contributed by atoms with Gasteiger partial charge in [-0.2, -0.15) is 0 Å². The van der Waals surface area contributed by atoms with Crippen molar-refractivity contribution in [1.82, 2.24) is 9.80 Å². The molecule has 39 heavy (non-hydrogen) atoms. The summed E-state index contributed by atoms with van der Waals surface area (Å²) >= 11 is 0. The zero-order chi connectivity index (χ0) is 27.4. The number of amides is 4. The maximum atomic E-state index is 13.6. The lowest BCUT2D eigenvalue weighted by Gasteiger charge is -2.36. The Bertz CT molecular complexity index is 1020. The van der Waals surface area contributed by atoms with Crippen LogP contribution in [0.2, 0.25) is 0 Å². The van der Waals surface area contributed by atoms with Crippen LogP contribution in [0.1, 0.15) is 103 Å². The third-order valence-corrected chi connectivity index (χ3v) is 11.9. The van der Waals surface area contributed by atoms with Crippen molar-refractivity contribution in [3.8, 4) is 0 Å². The minimum Gasteiger partial charge on any atom is -0.299 e. The lowest BCUT2D eigenvalue weighted by Crippen LogP contribution is -2.43. The highest BCUT2D eigenvalue weighted by molar-refractivity contribution is 6.06. The number of fused-ring (bicyclic) bond motifs is 2. The van der Waals surface area contributed by atoms with E-state index in [-0.39, 0.29) is 71.0 Å². The molecule has 6 rings (SSSR count). The van der Waals surface area contributed by atoms with Crippen LogP contribution in [0.4, 0.5) is 0 Å². The first-order chi connectivity index (χ1) is 18.7. The van der Waals surface area contributed by atoms with Gasteiger partial charge in [-0.25, -0.2) is 0 Å². The Hall–Kier alpha value is -2.05. The van der Waals surface area contributed by atoms with E-state index < -0.39 is 0 Å². The van der Waals surface area contributed by atoms with Gasteiger partial charge in [-0.3, -0.25) is 33.8 Å². The molecule has 6 aliphatic rings. The van der Waals surface area contributed by atoms with Gasteiger partial charge in [-0.15, -0.1) is 0 Å². The molecule has 7 heteroatoms. The highest BCUT2D eigenvalue weighted by atomic mass is 16.2. The van der Waals surface area contributed by atoms with E-state index in [1.807, 2.05) is 0 Å². The summed E-state index contributed by atoms with van der Waals surface area (Å²) in [6.07, 6.45) is 14.3. The number of nitrogens with zero attached hydrogens (tertiary/aromatic N) is 2. The smallest absolute Gasteiger partial charge is 0.233 e. The van der Waals surface area contributed by atoms with Gasteiger partial charge in [-0.05, 0) is 88.4 Å². The first-order valence-electron chi connectivity index (χ1n) is 15.9. The molecular formula is C32H46N2O5. The second kappa shape index (κ2) is 10.7. The van der Waals surface area contributed by atoms with E-state index in [1.165, 1.54) is 37.0 Å². The Morgan fingerprint density at radius 2 is 1.08 bits per heavy atom. The Morgan fingerprint density at radius 1 is 0.615 bits per heavy atom. The Kier molecular flexibility index (Phi) is 7.47. The van der Waals surface area contributed by atoms with E-state index in [0.29, 0.717) is 38.5 Å². The Labute approximate surface area is 232 Å². The topological polar surface area (TPSA) is 91.8 Å². The average molecular weight is 539 g/mol. The lowest BCUT2D eigenvalue weighted by atomic mass is 9.67. The Balaban J connectivity index is 1.03. The summed E-state index contributed by atoms with van der Waals surface area (Å²) in [5.74, 6) is 0.632. The van der Waals surface area contributed by atoms with Gasteiger partial charge in [0.2, 0.25) is 23.6 Å². The van der Waals surface area contributed by atoms with Crippen molar-refractivity contribution in [2.75, 3.05) is 7.05 Å². The SMILES string of the molecule is CC1CCC(CC2CCC(N3C(=O)C4CCC(C(=O)C5CCC6C(=O)N(C)C(=O)C6C5)CC4C3=O)CC2)CC1. The van der Waals surface area contributed by atoms with E-state index in [0.717, 1.165) is 43.4 Å². The molecule has 4 aliphatic carbocycles. The van der Waals surface area contributed by atoms with Crippen LogP contribution in [-0.2, 0) is 24.0 Å². The van der Waals surface area contributed by atoms with E-state index in [2.05, 4.69) is 6.92 Å². The molecule has 6 atom stereocenters. The van der Waals surface area contributed by atoms with Crippen molar-refractivity contribution in [3.63, 3.8) is 0 Å². The second-order valence-electron chi connectivity index (χ2n) is 14.2. The molecule has 0 aromatic carbocycles. The number of ketones is 1. The first kappa shape index (κ1) is 27.1. The summed E-state index contributed by atoms with van der Waals surface area (Å²) in [5, 5.41) is 0. The number of rotatable bonds is 5. The van der Waals surface area contributed by atoms with E-state index in [4.69, 9.17) is 0 Å². The molecule has 2 aliphatic heterocycles. The Morgan fingerprint density at radius 3 is 1.67 bits per heavy atom. The van der Waals surface area contributed by atoms with E-state index in [9.17, 15) is 24.0 Å². The molecule has 0 aromatic rings. The minimum atomic E-state index is -0.372. The van der Waals surface area contributed by atoms with Crippen LogP contribution in [-0.4, -0.2) is 52.3 Å². The zero-order valence-electron chi connectivity index (χ0n) is 23.8. The van der Waals surface area contributed by atoms with Crippen LogP contribution in [0, 0.1) is 53.3 Å². The van der Waals surface area contributed by atoms with Crippen molar-refractivity contribution >= 4 is 29.4 Å². The molecule has 214 valence electrons. The van der Waals surface area contributed by atoms with Crippen LogP contribution >= 0.6 is 0 Å². The maximum Gasteiger partial charge on any atom is 0.233 e. The summed E-state index contributed by atoms with van der Waals surface area (Å²) in [6.45, 7) is 2.37. The summed E-state index contributed by atoms with van der Waals surface area (Å²) in [6, 6.07) is 0.0329. The number of likely N-dealkylation sites (tertiary alicyclic amines) is 2. The molecule has 0 radical (unpaired) electrons. The first-order valence-corrected chi connectivity index (χ1v) is 15.9. The van der Waals surface area contributed by atoms with Gasteiger partial charge < -0.3 is 0 Å². The molecule has 4 amide bonds. The van der Waals surface area contributed by atoms with Crippen molar-refractivity contribution in [2.24, 2.45) is 53.3 Å². The number of carbonyl (C=O) groups is 5. The monoisotopic (exact) mass is 538 g/mol. The maximum absolute atomic E-state index is 13.6. The van der Waals surface area contributed by atoms with Crippen LogP contribution < -0.4 is 0 Å².